The van der Waals surface area contributed by atoms with Gasteiger partial charge in [0, 0.05) is 18.0 Å². The van der Waals surface area contributed by atoms with Crippen LogP contribution in [0, 0.1) is 0 Å². The first kappa shape index (κ1) is 18.5. The van der Waals surface area contributed by atoms with E-state index in [1.807, 2.05) is 43.3 Å². The maximum Gasteiger partial charge on any atom is 0.206 e. The summed E-state index contributed by atoms with van der Waals surface area (Å²) in [6, 6.07) is 9.25. The predicted octanol–water partition coefficient (Wildman–Crippen LogP) is 2.22. The molecule has 0 aliphatic rings. The second-order valence-electron chi connectivity index (χ2n) is 5.78. The lowest BCUT2D eigenvalue weighted by molar-refractivity contribution is 0.0836. The molecule has 1 aromatic carbocycles. The summed E-state index contributed by atoms with van der Waals surface area (Å²) in [5.74, 6) is 1.63. The van der Waals surface area contributed by atoms with Crippen molar-refractivity contribution in [3.05, 3.63) is 54.4 Å². The average molecular weight is 367 g/mol. The first-order valence-corrected chi connectivity index (χ1v) is 8.49. The molecule has 8 nitrogen and oxygen atoms in total. The van der Waals surface area contributed by atoms with Crippen molar-refractivity contribution in [2.75, 3.05) is 13.7 Å². The van der Waals surface area contributed by atoms with Gasteiger partial charge in [-0.25, -0.2) is 0 Å². The average Bonchev–Trinajstić information content (AvgIpc) is 3.16. The number of aromatic nitrogens is 5. The van der Waals surface area contributed by atoms with E-state index in [4.69, 9.17) is 9.47 Å². The van der Waals surface area contributed by atoms with Gasteiger partial charge in [-0.05, 0) is 42.0 Å². The molecule has 0 amide bonds. The summed E-state index contributed by atoms with van der Waals surface area (Å²) in [5, 5.41) is 22.4. The van der Waals surface area contributed by atoms with E-state index in [1.54, 1.807) is 25.6 Å². The first-order valence-electron chi connectivity index (χ1n) is 8.49. The molecule has 1 atom stereocenters. The van der Waals surface area contributed by atoms with E-state index in [-0.39, 0.29) is 13.2 Å². The van der Waals surface area contributed by atoms with Gasteiger partial charge < -0.3 is 14.6 Å². The third kappa shape index (κ3) is 4.89. The Morgan fingerprint density at radius 2 is 2.15 bits per heavy atom. The monoisotopic (exact) mass is 367 g/mol. The molecule has 2 heterocycles. The van der Waals surface area contributed by atoms with E-state index in [1.165, 1.54) is 4.80 Å². The predicted molar refractivity (Wildman–Crippen MR) is 100 cm³/mol. The van der Waals surface area contributed by atoms with Crippen LogP contribution in [0.2, 0.25) is 0 Å². The molecule has 0 spiro atoms. The van der Waals surface area contributed by atoms with Crippen LogP contribution < -0.4 is 9.47 Å². The molecule has 0 aliphatic carbocycles. The van der Waals surface area contributed by atoms with Crippen LogP contribution in [0.3, 0.4) is 0 Å². The van der Waals surface area contributed by atoms with Gasteiger partial charge in [0.25, 0.3) is 0 Å². The summed E-state index contributed by atoms with van der Waals surface area (Å²) >= 11 is 0. The number of rotatable bonds is 8. The van der Waals surface area contributed by atoms with E-state index in [9.17, 15) is 5.11 Å². The van der Waals surface area contributed by atoms with Crippen LogP contribution in [0.15, 0.2) is 48.8 Å². The number of aliphatic hydroxyl groups is 1. The van der Waals surface area contributed by atoms with Crippen molar-refractivity contribution in [2.45, 2.75) is 19.6 Å². The molecule has 8 heteroatoms. The highest BCUT2D eigenvalue weighted by Gasteiger charge is 2.13. The maximum atomic E-state index is 10.2. The Balaban J connectivity index is 1.59. The van der Waals surface area contributed by atoms with Crippen LogP contribution in [0.25, 0.3) is 17.5 Å². The number of ether oxygens (including phenoxy) is 2. The normalized spacial score (nSPS) is 12.3. The zero-order valence-electron chi connectivity index (χ0n) is 15.2. The minimum atomic E-state index is -0.805. The van der Waals surface area contributed by atoms with Crippen LogP contribution in [-0.4, -0.2) is 50.1 Å². The number of hydrogen-bond acceptors (Lipinski definition) is 7. The Kier molecular flexibility index (Phi) is 6.11. The Labute approximate surface area is 157 Å². The van der Waals surface area contributed by atoms with Crippen molar-refractivity contribution >= 4 is 6.08 Å². The Bertz CT molecular complexity index is 895. The summed E-state index contributed by atoms with van der Waals surface area (Å²) in [7, 11) is 1.58. The maximum absolute atomic E-state index is 10.2. The number of benzene rings is 1. The highest BCUT2D eigenvalue weighted by atomic mass is 16.5. The number of hydrogen-bond donors (Lipinski definition) is 1. The topological polar surface area (TPSA) is 95.2 Å². The summed E-state index contributed by atoms with van der Waals surface area (Å²) in [6.07, 6.45) is 6.45. The van der Waals surface area contributed by atoms with E-state index >= 15 is 0 Å². The van der Waals surface area contributed by atoms with Crippen LogP contribution >= 0.6 is 0 Å². The van der Waals surface area contributed by atoms with Crippen molar-refractivity contribution in [3.8, 4) is 22.9 Å². The molecule has 0 fully saturated rings. The van der Waals surface area contributed by atoms with E-state index in [2.05, 4.69) is 20.4 Å². The number of nitrogens with zero attached hydrogens (tertiary/aromatic N) is 5. The molecule has 0 aliphatic heterocycles. The van der Waals surface area contributed by atoms with Crippen molar-refractivity contribution in [2.24, 2.45) is 0 Å². The van der Waals surface area contributed by atoms with E-state index in [0.29, 0.717) is 17.3 Å². The fourth-order valence-corrected chi connectivity index (χ4v) is 2.46. The zero-order valence-corrected chi connectivity index (χ0v) is 15.2. The highest BCUT2D eigenvalue weighted by molar-refractivity contribution is 5.55. The lowest BCUT2D eigenvalue weighted by Gasteiger charge is -2.14. The quantitative estimate of drug-likeness (QED) is 0.652. The molecule has 0 bridgehead atoms. The summed E-state index contributed by atoms with van der Waals surface area (Å²) in [4.78, 5) is 5.36. The Morgan fingerprint density at radius 3 is 2.89 bits per heavy atom. The molecule has 0 saturated carbocycles. The van der Waals surface area contributed by atoms with Crippen molar-refractivity contribution in [1.82, 2.24) is 25.2 Å². The van der Waals surface area contributed by atoms with E-state index < -0.39 is 6.10 Å². The van der Waals surface area contributed by atoms with Gasteiger partial charge in [-0.3, -0.25) is 4.98 Å². The van der Waals surface area contributed by atoms with Crippen LogP contribution in [0.5, 0.6) is 11.5 Å². The van der Waals surface area contributed by atoms with Crippen LogP contribution in [0.1, 0.15) is 12.5 Å². The SMILES string of the molecule is C/C=C/c1ccc(OC[C@@H](O)Cn2nnc(-c3cccnc3)n2)c(OC)c1. The van der Waals surface area contributed by atoms with Crippen molar-refractivity contribution in [1.29, 1.82) is 0 Å². The number of aliphatic hydroxyl groups excluding tert-OH is 1. The minimum Gasteiger partial charge on any atom is -0.493 e. The standard InChI is InChI=1S/C19H21N5O3/c1-3-5-14-7-8-17(18(10-14)26-2)27-13-16(25)12-24-22-19(21-23-24)15-6-4-9-20-11-15/h3-11,16,25H,12-13H2,1-2H3/b5-3+/t16-/m0/s1. The number of allylic oxidation sites excluding steroid dienone is 1. The second kappa shape index (κ2) is 8.91. The minimum absolute atomic E-state index is 0.0725. The van der Waals surface area contributed by atoms with Crippen LogP contribution in [-0.2, 0) is 6.54 Å². The summed E-state index contributed by atoms with van der Waals surface area (Å²) < 4.78 is 11.0. The van der Waals surface area contributed by atoms with Crippen molar-refractivity contribution < 1.29 is 14.6 Å². The van der Waals surface area contributed by atoms with Gasteiger partial charge in [0.1, 0.15) is 12.7 Å². The molecular formula is C19H21N5O3. The second-order valence-corrected chi connectivity index (χ2v) is 5.78. The lowest BCUT2D eigenvalue weighted by Crippen LogP contribution is -2.25. The first-order chi connectivity index (χ1) is 13.2. The Hall–Kier alpha value is -3.26. The number of tetrazole rings is 1. The molecule has 3 aromatic rings. The van der Waals surface area contributed by atoms with Gasteiger partial charge in [0.15, 0.2) is 11.5 Å². The van der Waals surface area contributed by atoms with Gasteiger partial charge in [-0.1, -0.05) is 18.2 Å². The molecule has 0 radical (unpaired) electrons. The third-order valence-corrected chi connectivity index (χ3v) is 3.72. The van der Waals surface area contributed by atoms with Gasteiger partial charge in [0.05, 0.1) is 13.7 Å². The molecular weight excluding hydrogens is 346 g/mol. The van der Waals surface area contributed by atoms with Gasteiger partial charge in [-0.15, -0.1) is 10.2 Å². The van der Waals surface area contributed by atoms with Gasteiger partial charge >= 0.3 is 0 Å². The number of methoxy groups -OCH3 is 1. The molecule has 27 heavy (non-hydrogen) atoms. The van der Waals surface area contributed by atoms with Crippen molar-refractivity contribution in [3.63, 3.8) is 0 Å². The molecule has 0 unspecified atom stereocenters. The Morgan fingerprint density at radius 1 is 1.26 bits per heavy atom. The molecule has 2 aromatic heterocycles. The highest BCUT2D eigenvalue weighted by Crippen LogP contribution is 2.28. The van der Waals surface area contributed by atoms with Gasteiger partial charge in [-0.2, -0.15) is 4.80 Å². The molecule has 140 valence electrons. The third-order valence-electron chi connectivity index (χ3n) is 3.72. The van der Waals surface area contributed by atoms with E-state index in [0.717, 1.165) is 11.1 Å². The number of pyridine rings is 1. The molecule has 3 rings (SSSR count). The van der Waals surface area contributed by atoms with Crippen LogP contribution in [0.4, 0.5) is 0 Å². The summed E-state index contributed by atoms with van der Waals surface area (Å²) in [5.41, 5.74) is 1.78. The van der Waals surface area contributed by atoms with Gasteiger partial charge in [0.2, 0.25) is 5.82 Å². The largest absolute Gasteiger partial charge is 0.493 e. The summed E-state index contributed by atoms with van der Waals surface area (Å²) in [6.45, 7) is 2.18. The molecule has 0 saturated heterocycles. The zero-order chi connectivity index (χ0) is 19.1. The smallest absolute Gasteiger partial charge is 0.206 e. The fraction of sp³-hybridized carbons (Fsp3) is 0.263. The molecule has 1 N–H and O–H groups in total. The lowest BCUT2D eigenvalue weighted by atomic mass is 10.2. The fourth-order valence-electron chi connectivity index (χ4n) is 2.46.